The van der Waals surface area contributed by atoms with E-state index in [0.717, 1.165) is 6.54 Å². The van der Waals surface area contributed by atoms with E-state index in [9.17, 15) is 0 Å². The van der Waals surface area contributed by atoms with E-state index in [1.165, 1.54) is 5.56 Å². The quantitative estimate of drug-likeness (QED) is 0.726. The first kappa shape index (κ1) is 14.1. The molecule has 0 saturated heterocycles. The zero-order valence-electron chi connectivity index (χ0n) is 10.2. The van der Waals surface area contributed by atoms with Gasteiger partial charge in [0, 0.05) is 19.0 Å². The summed E-state index contributed by atoms with van der Waals surface area (Å²) >= 11 is 5.01. The van der Waals surface area contributed by atoms with Crippen molar-refractivity contribution in [2.75, 3.05) is 19.7 Å². The van der Waals surface area contributed by atoms with E-state index in [1.54, 1.807) is 0 Å². The molecule has 0 aromatic heterocycles. The minimum atomic E-state index is 0.147. The van der Waals surface area contributed by atoms with Crippen molar-refractivity contribution in [2.45, 2.75) is 19.4 Å². The van der Waals surface area contributed by atoms with Crippen LogP contribution in [0.25, 0.3) is 0 Å². The van der Waals surface area contributed by atoms with Gasteiger partial charge < -0.3 is 10.8 Å². The molecule has 0 bridgehead atoms. The van der Waals surface area contributed by atoms with Gasteiger partial charge in [-0.2, -0.15) is 0 Å². The lowest BCUT2D eigenvalue weighted by Crippen LogP contribution is -2.33. The number of aliphatic hydroxyl groups excluding tert-OH is 1. The van der Waals surface area contributed by atoms with E-state index in [0.29, 0.717) is 18.0 Å². The maximum Gasteiger partial charge on any atom is 0.0746 e. The molecule has 1 aromatic carbocycles. The molecule has 0 aliphatic heterocycles. The Labute approximate surface area is 108 Å². The Morgan fingerprint density at radius 3 is 2.53 bits per heavy atom. The minimum Gasteiger partial charge on any atom is -0.395 e. The molecular formula is C13H20N2OS. The second-order valence-corrected chi connectivity index (χ2v) is 4.47. The second-order valence-electron chi connectivity index (χ2n) is 3.95. The van der Waals surface area contributed by atoms with Crippen LogP contribution < -0.4 is 5.73 Å². The molecule has 94 valence electrons. The summed E-state index contributed by atoms with van der Waals surface area (Å²) in [6.45, 7) is 3.72. The van der Waals surface area contributed by atoms with E-state index in [4.69, 9.17) is 23.1 Å². The standard InChI is InChI=1S/C13H20N2OS/c1-2-15(8-9-16)12(10-13(14)17)11-6-4-3-5-7-11/h3-7,12,16H,2,8-10H2,1H3,(H2,14,17). The van der Waals surface area contributed by atoms with E-state index >= 15 is 0 Å². The molecular weight excluding hydrogens is 232 g/mol. The van der Waals surface area contributed by atoms with Gasteiger partial charge in [-0.1, -0.05) is 49.5 Å². The molecule has 3 N–H and O–H groups in total. The highest BCUT2D eigenvalue weighted by Gasteiger charge is 2.19. The van der Waals surface area contributed by atoms with Crippen molar-refractivity contribution in [1.82, 2.24) is 4.90 Å². The number of benzene rings is 1. The van der Waals surface area contributed by atoms with Crippen molar-refractivity contribution in [3.8, 4) is 0 Å². The summed E-state index contributed by atoms with van der Waals surface area (Å²) in [6, 6.07) is 10.3. The average molecular weight is 252 g/mol. The fourth-order valence-corrected chi connectivity index (χ4v) is 2.14. The minimum absolute atomic E-state index is 0.147. The first-order chi connectivity index (χ1) is 8.19. The van der Waals surface area contributed by atoms with Gasteiger partial charge in [0.1, 0.15) is 0 Å². The smallest absolute Gasteiger partial charge is 0.0746 e. The Morgan fingerprint density at radius 2 is 2.06 bits per heavy atom. The zero-order valence-corrected chi connectivity index (χ0v) is 11.0. The number of thiocarbonyl (C=S) groups is 1. The van der Waals surface area contributed by atoms with Crippen LogP contribution in [0.2, 0.25) is 0 Å². The van der Waals surface area contributed by atoms with Crippen LogP contribution in [0.15, 0.2) is 30.3 Å². The van der Waals surface area contributed by atoms with Crippen LogP contribution in [0.3, 0.4) is 0 Å². The zero-order chi connectivity index (χ0) is 12.7. The molecule has 1 unspecified atom stereocenters. The van der Waals surface area contributed by atoms with Gasteiger partial charge in [0.2, 0.25) is 0 Å². The number of hydrogen-bond donors (Lipinski definition) is 2. The fraction of sp³-hybridized carbons (Fsp3) is 0.462. The molecule has 4 heteroatoms. The van der Waals surface area contributed by atoms with Crippen LogP contribution in [0.5, 0.6) is 0 Å². The van der Waals surface area contributed by atoms with Gasteiger partial charge in [0.25, 0.3) is 0 Å². The molecule has 0 aliphatic carbocycles. The van der Waals surface area contributed by atoms with Crippen LogP contribution in [-0.2, 0) is 0 Å². The van der Waals surface area contributed by atoms with Gasteiger partial charge >= 0.3 is 0 Å². The molecule has 0 spiro atoms. The van der Waals surface area contributed by atoms with E-state index < -0.39 is 0 Å². The average Bonchev–Trinajstić information content (AvgIpc) is 2.34. The lowest BCUT2D eigenvalue weighted by Gasteiger charge is -2.30. The van der Waals surface area contributed by atoms with Gasteiger partial charge in [0.15, 0.2) is 0 Å². The largest absolute Gasteiger partial charge is 0.395 e. The molecule has 0 fully saturated rings. The SMILES string of the molecule is CCN(CCO)C(CC(N)=S)c1ccccc1. The van der Waals surface area contributed by atoms with Crippen LogP contribution in [0.4, 0.5) is 0 Å². The Bertz CT molecular complexity index is 343. The summed E-state index contributed by atoms with van der Waals surface area (Å²) in [5, 5.41) is 9.09. The molecule has 17 heavy (non-hydrogen) atoms. The van der Waals surface area contributed by atoms with Gasteiger partial charge in [-0.3, -0.25) is 4.90 Å². The molecule has 1 aromatic rings. The molecule has 0 amide bonds. The lowest BCUT2D eigenvalue weighted by molar-refractivity contribution is 0.160. The van der Waals surface area contributed by atoms with Crippen molar-refractivity contribution >= 4 is 17.2 Å². The van der Waals surface area contributed by atoms with Crippen molar-refractivity contribution in [3.63, 3.8) is 0 Å². The molecule has 0 heterocycles. The van der Waals surface area contributed by atoms with E-state index in [-0.39, 0.29) is 12.6 Å². The second kappa shape index (κ2) is 7.37. The number of hydrogen-bond acceptors (Lipinski definition) is 3. The van der Waals surface area contributed by atoms with Crippen molar-refractivity contribution in [1.29, 1.82) is 0 Å². The Hall–Kier alpha value is -0.970. The highest BCUT2D eigenvalue weighted by Crippen LogP contribution is 2.23. The predicted octanol–water partition coefficient (Wildman–Crippen LogP) is 1.72. The highest BCUT2D eigenvalue weighted by molar-refractivity contribution is 7.80. The number of nitrogens with zero attached hydrogens (tertiary/aromatic N) is 1. The Balaban J connectivity index is 2.89. The van der Waals surface area contributed by atoms with Gasteiger partial charge in [-0.15, -0.1) is 0 Å². The number of rotatable bonds is 7. The van der Waals surface area contributed by atoms with Gasteiger partial charge in [0.05, 0.1) is 11.6 Å². The summed E-state index contributed by atoms with van der Waals surface area (Å²) in [5.41, 5.74) is 6.85. The van der Waals surface area contributed by atoms with Crippen molar-refractivity contribution in [3.05, 3.63) is 35.9 Å². The summed E-state index contributed by atoms with van der Waals surface area (Å²) in [7, 11) is 0. The summed E-state index contributed by atoms with van der Waals surface area (Å²) in [4.78, 5) is 2.70. The van der Waals surface area contributed by atoms with E-state index in [2.05, 4.69) is 24.0 Å². The monoisotopic (exact) mass is 252 g/mol. The Morgan fingerprint density at radius 1 is 1.41 bits per heavy atom. The first-order valence-corrected chi connectivity index (χ1v) is 6.28. The van der Waals surface area contributed by atoms with Crippen LogP contribution >= 0.6 is 12.2 Å². The molecule has 0 aliphatic rings. The topological polar surface area (TPSA) is 49.5 Å². The summed E-state index contributed by atoms with van der Waals surface area (Å²) in [6.07, 6.45) is 0.646. The third-order valence-corrected chi connectivity index (χ3v) is 2.98. The molecule has 1 atom stereocenters. The van der Waals surface area contributed by atoms with Crippen LogP contribution in [0, 0.1) is 0 Å². The number of aliphatic hydroxyl groups is 1. The summed E-state index contributed by atoms with van der Waals surface area (Å²) < 4.78 is 0. The molecule has 0 saturated carbocycles. The number of nitrogens with two attached hydrogens (primary N) is 1. The van der Waals surface area contributed by atoms with Gasteiger partial charge in [-0.05, 0) is 12.1 Å². The number of likely N-dealkylation sites (N-methyl/N-ethyl adjacent to an activating group) is 1. The maximum absolute atomic E-state index is 9.09. The molecule has 0 radical (unpaired) electrons. The highest BCUT2D eigenvalue weighted by atomic mass is 32.1. The normalized spacial score (nSPS) is 12.6. The molecule has 3 nitrogen and oxygen atoms in total. The van der Waals surface area contributed by atoms with Gasteiger partial charge in [-0.25, -0.2) is 0 Å². The van der Waals surface area contributed by atoms with Crippen molar-refractivity contribution in [2.24, 2.45) is 5.73 Å². The summed E-state index contributed by atoms with van der Waals surface area (Å²) in [5.74, 6) is 0. The fourth-order valence-electron chi connectivity index (χ4n) is 1.99. The van der Waals surface area contributed by atoms with Crippen LogP contribution in [0.1, 0.15) is 24.9 Å². The maximum atomic E-state index is 9.09. The van der Waals surface area contributed by atoms with Crippen LogP contribution in [-0.4, -0.2) is 34.7 Å². The first-order valence-electron chi connectivity index (χ1n) is 5.87. The Kier molecular flexibility index (Phi) is 6.11. The lowest BCUT2D eigenvalue weighted by atomic mass is 10.0. The van der Waals surface area contributed by atoms with E-state index in [1.807, 2.05) is 18.2 Å². The third kappa shape index (κ3) is 4.42. The van der Waals surface area contributed by atoms with Crippen molar-refractivity contribution < 1.29 is 5.11 Å². The third-order valence-electron chi connectivity index (χ3n) is 2.81. The predicted molar refractivity (Wildman–Crippen MR) is 74.9 cm³/mol. The molecule has 1 rings (SSSR count).